The molecule has 0 amide bonds. The highest BCUT2D eigenvalue weighted by Gasteiger charge is 2.24. The van der Waals surface area contributed by atoms with E-state index in [9.17, 15) is 0 Å². The lowest BCUT2D eigenvalue weighted by Crippen LogP contribution is -2.39. The fourth-order valence-electron chi connectivity index (χ4n) is 2.99. The minimum Gasteiger partial charge on any atom is -0.496 e. The van der Waals surface area contributed by atoms with Gasteiger partial charge in [0.2, 0.25) is 0 Å². The van der Waals surface area contributed by atoms with Crippen LogP contribution in [0, 0.1) is 5.92 Å². The van der Waals surface area contributed by atoms with Crippen molar-refractivity contribution in [2.45, 2.75) is 32.4 Å². The van der Waals surface area contributed by atoms with Crippen molar-refractivity contribution >= 4 is 10.8 Å². The van der Waals surface area contributed by atoms with Crippen molar-refractivity contribution in [2.24, 2.45) is 5.92 Å². The van der Waals surface area contributed by atoms with Crippen LogP contribution in [0.25, 0.3) is 10.8 Å². The minimum atomic E-state index is 0.705. The highest BCUT2D eigenvalue weighted by molar-refractivity contribution is 5.91. The zero-order valence-electron chi connectivity index (χ0n) is 11.6. The zero-order valence-corrected chi connectivity index (χ0v) is 11.6. The van der Waals surface area contributed by atoms with E-state index in [4.69, 9.17) is 4.74 Å². The van der Waals surface area contributed by atoms with Crippen LogP contribution in [0.2, 0.25) is 0 Å². The van der Waals surface area contributed by atoms with E-state index >= 15 is 0 Å². The Morgan fingerprint density at radius 2 is 1.84 bits per heavy atom. The number of hydrogen-bond donors (Lipinski definition) is 1. The summed E-state index contributed by atoms with van der Waals surface area (Å²) in [4.78, 5) is 0. The summed E-state index contributed by atoms with van der Waals surface area (Å²) in [6, 6.07) is 13.4. The van der Waals surface area contributed by atoms with Gasteiger partial charge in [-0.1, -0.05) is 37.3 Å². The predicted octanol–water partition coefficient (Wildman–Crippen LogP) is 3.74. The van der Waals surface area contributed by atoms with Gasteiger partial charge in [-0.25, -0.2) is 0 Å². The third-order valence-electron chi connectivity index (χ3n) is 4.15. The van der Waals surface area contributed by atoms with E-state index in [-0.39, 0.29) is 0 Å². The van der Waals surface area contributed by atoms with Crippen LogP contribution in [0.1, 0.15) is 25.3 Å². The number of hydrogen-bond acceptors (Lipinski definition) is 2. The summed E-state index contributed by atoms with van der Waals surface area (Å²) in [5.74, 6) is 1.85. The first-order valence-corrected chi connectivity index (χ1v) is 7.06. The molecular weight excluding hydrogens is 234 g/mol. The van der Waals surface area contributed by atoms with Gasteiger partial charge in [0.1, 0.15) is 5.75 Å². The van der Waals surface area contributed by atoms with Crippen molar-refractivity contribution in [1.29, 1.82) is 0 Å². The fraction of sp³-hybridized carbons (Fsp3) is 0.412. The summed E-state index contributed by atoms with van der Waals surface area (Å²) in [5, 5.41) is 6.15. The average molecular weight is 255 g/mol. The maximum atomic E-state index is 5.43. The maximum Gasteiger partial charge on any atom is 0.126 e. The second kappa shape index (κ2) is 5.22. The quantitative estimate of drug-likeness (QED) is 0.898. The molecule has 1 fully saturated rings. The van der Waals surface area contributed by atoms with E-state index in [1.807, 2.05) is 0 Å². The standard InChI is InChI=1S/C17H21NO/c1-12-9-14(10-12)18-11-13-7-8-17(19-2)16-6-4-3-5-15(13)16/h3-8,12,14,18H,9-11H2,1-2H3. The molecule has 1 N–H and O–H groups in total. The van der Waals surface area contributed by atoms with Gasteiger partial charge in [0.05, 0.1) is 7.11 Å². The van der Waals surface area contributed by atoms with E-state index in [0.29, 0.717) is 6.04 Å². The van der Waals surface area contributed by atoms with E-state index in [1.165, 1.54) is 29.2 Å². The van der Waals surface area contributed by atoms with Crippen LogP contribution in [0.4, 0.5) is 0 Å². The number of methoxy groups -OCH3 is 1. The monoisotopic (exact) mass is 255 g/mol. The summed E-state index contributed by atoms with van der Waals surface area (Å²) >= 11 is 0. The average Bonchev–Trinajstić information content (AvgIpc) is 2.42. The topological polar surface area (TPSA) is 21.3 Å². The van der Waals surface area contributed by atoms with Crippen LogP contribution in [-0.2, 0) is 6.54 Å². The SMILES string of the molecule is COc1ccc(CNC2CC(C)C2)c2ccccc12. The second-order valence-corrected chi connectivity index (χ2v) is 5.63. The molecule has 1 aliphatic carbocycles. The second-order valence-electron chi connectivity index (χ2n) is 5.63. The van der Waals surface area contributed by atoms with Gasteiger partial charge >= 0.3 is 0 Å². The molecule has 0 saturated heterocycles. The Balaban J connectivity index is 1.83. The summed E-state index contributed by atoms with van der Waals surface area (Å²) in [5.41, 5.74) is 1.36. The number of benzene rings is 2. The first kappa shape index (κ1) is 12.5. The van der Waals surface area contributed by atoms with Crippen LogP contribution in [0.3, 0.4) is 0 Å². The minimum absolute atomic E-state index is 0.705. The third kappa shape index (κ3) is 2.45. The van der Waals surface area contributed by atoms with Crippen LogP contribution in [-0.4, -0.2) is 13.2 Å². The lowest BCUT2D eigenvalue weighted by Gasteiger charge is -2.33. The Hall–Kier alpha value is -1.54. The van der Waals surface area contributed by atoms with Crippen LogP contribution in [0.15, 0.2) is 36.4 Å². The summed E-state index contributed by atoms with van der Waals surface area (Å²) < 4.78 is 5.43. The molecule has 0 spiro atoms. The van der Waals surface area contributed by atoms with Gasteiger partial charge < -0.3 is 10.1 Å². The molecule has 2 aromatic carbocycles. The van der Waals surface area contributed by atoms with Crippen molar-refractivity contribution in [3.05, 3.63) is 42.0 Å². The van der Waals surface area contributed by atoms with E-state index in [2.05, 4.69) is 48.6 Å². The van der Waals surface area contributed by atoms with E-state index in [1.54, 1.807) is 7.11 Å². The van der Waals surface area contributed by atoms with Gasteiger partial charge in [0.15, 0.2) is 0 Å². The van der Waals surface area contributed by atoms with Crippen molar-refractivity contribution in [1.82, 2.24) is 5.32 Å². The lowest BCUT2D eigenvalue weighted by molar-refractivity contribution is 0.240. The largest absolute Gasteiger partial charge is 0.496 e. The van der Waals surface area contributed by atoms with Crippen molar-refractivity contribution < 1.29 is 4.74 Å². The zero-order chi connectivity index (χ0) is 13.2. The molecule has 0 aromatic heterocycles. The van der Waals surface area contributed by atoms with Crippen molar-refractivity contribution in [2.75, 3.05) is 7.11 Å². The molecule has 2 heteroatoms. The smallest absolute Gasteiger partial charge is 0.126 e. The van der Waals surface area contributed by atoms with Crippen molar-refractivity contribution in [3.8, 4) is 5.75 Å². The molecule has 0 heterocycles. The predicted molar refractivity (Wildman–Crippen MR) is 79.5 cm³/mol. The lowest BCUT2D eigenvalue weighted by atomic mass is 9.82. The molecule has 19 heavy (non-hydrogen) atoms. The first-order chi connectivity index (χ1) is 9.28. The molecule has 0 unspecified atom stereocenters. The first-order valence-electron chi connectivity index (χ1n) is 7.06. The molecule has 0 bridgehead atoms. The van der Waals surface area contributed by atoms with Gasteiger partial charge in [-0.2, -0.15) is 0 Å². The Labute approximate surface area is 114 Å². The Morgan fingerprint density at radius 1 is 1.11 bits per heavy atom. The van der Waals surface area contributed by atoms with E-state index < -0.39 is 0 Å². The van der Waals surface area contributed by atoms with Crippen LogP contribution in [0.5, 0.6) is 5.75 Å². The Kier molecular flexibility index (Phi) is 3.43. The molecule has 2 nitrogen and oxygen atoms in total. The molecule has 3 rings (SSSR count). The molecule has 100 valence electrons. The van der Waals surface area contributed by atoms with Gasteiger partial charge in [-0.05, 0) is 35.8 Å². The molecule has 0 atom stereocenters. The molecule has 2 aromatic rings. The van der Waals surface area contributed by atoms with Crippen LogP contribution >= 0.6 is 0 Å². The Bertz CT molecular complexity index is 572. The normalized spacial score (nSPS) is 22.2. The third-order valence-corrected chi connectivity index (χ3v) is 4.15. The fourth-order valence-corrected chi connectivity index (χ4v) is 2.99. The molecule has 1 saturated carbocycles. The number of ether oxygens (including phenoxy) is 1. The number of nitrogens with one attached hydrogen (secondary N) is 1. The maximum absolute atomic E-state index is 5.43. The van der Waals surface area contributed by atoms with Gasteiger partial charge in [-0.15, -0.1) is 0 Å². The van der Waals surface area contributed by atoms with E-state index in [0.717, 1.165) is 18.2 Å². The van der Waals surface area contributed by atoms with Gasteiger partial charge in [-0.3, -0.25) is 0 Å². The summed E-state index contributed by atoms with van der Waals surface area (Å²) in [7, 11) is 1.73. The molecule has 0 radical (unpaired) electrons. The summed E-state index contributed by atoms with van der Waals surface area (Å²) in [6.45, 7) is 3.27. The van der Waals surface area contributed by atoms with Gasteiger partial charge in [0.25, 0.3) is 0 Å². The molecule has 0 aliphatic heterocycles. The highest BCUT2D eigenvalue weighted by Crippen LogP contribution is 2.30. The number of rotatable bonds is 4. The summed E-state index contributed by atoms with van der Waals surface area (Å²) in [6.07, 6.45) is 2.63. The molecular formula is C17H21NO. The number of fused-ring (bicyclic) bond motifs is 1. The highest BCUT2D eigenvalue weighted by atomic mass is 16.5. The molecule has 1 aliphatic rings. The van der Waals surface area contributed by atoms with Crippen LogP contribution < -0.4 is 10.1 Å². The van der Waals surface area contributed by atoms with Gasteiger partial charge in [0, 0.05) is 18.0 Å². The Morgan fingerprint density at radius 3 is 2.53 bits per heavy atom. The van der Waals surface area contributed by atoms with Crippen molar-refractivity contribution in [3.63, 3.8) is 0 Å².